The summed E-state index contributed by atoms with van der Waals surface area (Å²) in [6.45, 7) is 2.50. The minimum atomic E-state index is -3.53. The van der Waals surface area contributed by atoms with Crippen LogP contribution < -0.4 is 0 Å². The van der Waals surface area contributed by atoms with Gasteiger partial charge in [-0.1, -0.05) is 0 Å². The smallest absolute Gasteiger partial charge is 0.306 e. The summed E-state index contributed by atoms with van der Waals surface area (Å²) in [6.07, 6.45) is 1.17. The average molecular weight is 307 g/mol. The van der Waals surface area contributed by atoms with Crippen LogP contribution in [0, 0.1) is 5.92 Å². The Kier molecular flexibility index (Phi) is 6.41. The second-order valence-electron chi connectivity index (χ2n) is 4.84. The van der Waals surface area contributed by atoms with E-state index in [1.807, 2.05) is 0 Å². The molecule has 1 saturated heterocycles. The van der Waals surface area contributed by atoms with E-state index in [0.29, 0.717) is 13.0 Å². The van der Waals surface area contributed by atoms with E-state index in [0.717, 1.165) is 6.42 Å². The number of rotatable bonds is 7. The number of carbonyl (C=O) groups excluding carboxylic acids is 1. The zero-order chi connectivity index (χ0) is 15.2. The highest BCUT2D eigenvalue weighted by Gasteiger charge is 2.30. The molecular formula is C12H21NO6S. The molecule has 0 amide bonds. The van der Waals surface area contributed by atoms with Gasteiger partial charge in [-0.15, -0.1) is 0 Å². The highest BCUT2D eigenvalue weighted by Crippen LogP contribution is 2.22. The van der Waals surface area contributed by atoms with Crippen molar-refractivity contribution in [2.24, 2.45) is 5.92 Å². The molecule has 1 fully saturated rings. The number of sulfonamides is 1. The molecule has 1 aliphatic heterocycles. The molecule has 0 bridgehead atoms. The molecule has 7 nitrogen and oxygen atoms in total. The summed E-state index contributed by atoms with van der Waals surface area (Å²) in [4.78, 5) is 21.9. The number of piperidine rings is 1. The maximum atomic E-state index is 12.1. The number of hydrogen-bond donors (Lipinski definition) is 1. The first kappa shape index (κ1) is 16.9. The van der Waals surface area contributed by atoms with Crippen molar-refractivity contribution in [1.82, 2.24) is 4.31 Å². The van der Waals surface area contributed by atoms with E-state index < -0.39 is 22.0 Å². The number of nitrogens with zero attached hydrogens (tertiary/aromatic N) is 1. The molecule has 0 aromatic carbocycles. The lowest BCUT2D eigenvalue weighted by atomic mass is 9.96. The van der Waals surface area contributed by atoms with Gasteiger partial charge >= 0.3 is 11.9 Å². The fourth-order valence-electron chi connectivity index (χ4n) is 2.27. The maximum Gasteiger partial charge on any atom is 0.306 e. The Bertz CT molecular complexity index is 447. The molecule has 0 spiro atoms. The van der Waals surface area contributed by atoms with Crippen molar-refractivity contribution < 1.29 is 27.9 Å². The number of carboxylic acids is 1. The predicted molar refractivity (Wildman–Crippen MR) is 71.6 cm³/mol. The Balaban J connectivity index is 2.53. The quantitative estimate of drug-likeness (QED) is 0.686. The van der Waals surface area contributed by atoms with Crippen LogP contribution in [0.1, 0.15) is 32.6 Å². The number of carbonyl (C=O) groups is 2. The largest absolute Gasteiger partial charge is 0.481 e. The molecule has 0 aromatic heterocycles. The highest BCUT2D eigenvalue weighted by atomic mass is 32.2. The summed E-state index contributed by atoms with van der Waals surface area (Å²) >= 11 is 0. The van der Waals surface area contributed by atoms with E-state index >= 15 is 0 Å². The molecule has 1 N–H and O–H groups in total. The van der Waals surface area contributed by atoms with E-state index in [-0.39, 0.29) is 37.7 Å². The lowest BCUT2D eigenvalue weighted by Crippen LogP contribution is -2.41. The molecule has 1 rings (SSSR count). The monoisotopic (exact) mass is 307 g/mol. The van der Waals surface area contributed by atoms with Crippen molar-refractivity contribution in [2.45, 2.75) is 32.6 Å². The second-order valence-corrected chi connectivity index (χ2v) is 6.92. The van der Waals surface area contributed by atoms with Gasteiger partial charge in [-0.2, -0.15) is 0 Å². The van der Waals surface area contributed by atoms with E-state index in [2.05, 4.69) is 0 Å². The van der Waals surface area contributed by atoms with E-state index in [1.54, 1.807) is 6.92 Å². The van der Waals surface area contributed by atoms with Crippen LogP contribution in [0.5, 0.6) is 0 Å². The van der Waals surface area contributed by atoms with Crippen LogP contribution in [0.15, 0.2) is 0 Å². The Morgan fingerprint density at radius 1 is 1.40 bits per heavy atom. The Morgan fingerprint density at radius 3 is 2.70 bits per heavy atom. The maximum absolute atomic E-state index is 12.1. The molecule has 1 heterocycles. The Labute approximate surface area is 118 Å². The fraction of sp³-hybridized carbons (Fsp3) is 0.833. The molecule has 0 saturated carbocycles. The van der Waals surface area contributed by atoms with Gasteiger partial charge in [0.1, 0.15) is 0 Å². The molecular weight excluding hydrogens is 286 g/mol. The van der Waals surface area contributed by atoms with Crippen LogP contribution in [0.3, 0.4) is 0 Å². The number of hydrogen-bond acceptors (Lipinski definition) is 5. The SMILES string of the molecule is CCOC(=O)CCS(=O)(=O)N1CCCC(CC(=O)O)C1. The summed E-state index contributed by atoms with van der Waals surface area (Å²) in [5, 5.41) is 8.76. The molecule has 0 radical (unpaired) electrons. The molecule has 1 unspecified atom stereocenters. The van der Waals surface area contributed by atoms with Crippen molar-refractivity contribution >= 4 is 22.0 Å². The number of ether oxygens (including phenoxy) is 1. The van der Waals surface area contributed by atoms with Gasteiger partial charge in [-0.25, -0.2) is 12.7 Å². The van der Waals surface area contributed by atoms with E-state index in [4.69, 9.17) is 9.84 Å². The summed E-state index contributed by atoms with van der Waals surface area (Å²) in [5.74, 6) is -1.89. The second kappa shape index (κ2) is 7.58. The first-order valence-corrected chi connectivity index (χ1v) is 8.31. The van der Waals surface area contributed by atoms with Gasteiger partial charge < -0.3 is 9.84 Å². The Hall–Kier alpha value is -1.15. The van der Waals surface area contributed by atoms with E-state index in [9.17, 15) is 18.0 Å². The standard InChI is InChI=1S/C12H21NO6S/c1-2-19-12(16)5-7-20(17,18)13-6-3-4-10(9-13)8-11(14)15/h10H,2-9H2,1H3,(H,14,15). The zero-order valence-electron chi connectivity index (χ0n) is 11.6. The van der Waals surface area contributed by atoms with E-state index in [1.165, 1.54) is 4.31 Å². The number of aliphatic carboxylic acids is 1. The van der Waals surface area contributed by atoms with Crippen LogP contribution in [-0.4, -0.2) is 55.2 Å². The normalized spacial score (nSPS) is 20.6. The molecule has 0 aromatic rings. The van der Waals surface area contributed by atoms with Gasteiger partial charge in [0, 0.05) is 19.5 Å². The van der Waals surface area contributed by atoms with Crippen LogP contribution in [0.2, 0.25) is 0 Å². The molecule has 1 atom stereocenters. The summed E-state index contributed by atoms with van der Waals surface area (Å²) in [5.41, 5.74) is 0. The average Bonchev–Trinajstić information content (AvgIpc) is 2.36. The summed E-state index contributed by atoms with van der Waals surface area (Å²) in [6, 6.07) is 0. The van der Waals surface area contributed by atoms with Crippen LogP contribution in [0.25, 0.3) is 0 Å². The molecule has 8 heteroatoms. The van der Waals surface area contributed by atoms with Crippen LogP contribution in [-0.2, 0) is 24.3 Å². The topological polar surface area (TPSA) is 101 Å². The fourth-order valence-corrected chi connectivity index (χ4v) is 3.80. The molecule has 0 aliphatic carbocycles. The summed E-state index contributed by atoms with van der Waals surface area (Å²) < 4.78 is 30.2. The third-order valence-electron chi connectivity index (χ3n) is 3.21. The van der Waals surface area contributed by atoms with Gasteiger partial charge in [0.2, 0.25) is 10.0 Å². The number of esters is 1. The van der Waals surface area contributed by atoms with Crippen LogP contribution in [0.4, 0.5) is 0 Å². The lowest BCUT2D eigenvalue weighted by molar-refractivity contribution is -0.142. The van der Waals surface area contributed by atoms with Gasteiger partial charge in [0.15, 0.2) is 0 Å². The van der Waals surface area contributed by atoms with Crippen molar-refractivity contribution in [1.29, 1.82) is 0 Å². The lowest BCUT2D eigenvalue weighted by Gasteiger charge is -2.31. The minimum absolute atomic E-state index is 0.0239. The van der Waals surface area contributed by atoms with Gasteiger partial charge in [-0.3, -0.25) is 9.59 Å². The molecule has 1 aliphatic rings. The van der Waals surface area contributed by atoms with Gasteiger partial charge in [-0.05, 0) is 25.7 Å². The van der Waals surface area contributed by atoms with Crippen molar-refractivity contribution in [2.75, 3.05) is 25.4 Å². The predicted octanol–water partition coefficient (Wildman–Crippen LogP) is 0.456. The minimum Gasteiger partial charge on any atom is -0.481 e. The third kappa shape index (κ3) is 5.46. The first-order chi connectivity index (χ1) is 9.35. The van der Waals surface area contributed by atoms with Crippen molar-refractivity contribution in [3.63, 3.8) is 0 Å². The molecule has 116 valence electrons. The van der Waals surface area contributed by atoms with Crippen molar-refractivity contribution in [3.8, 4) is 0 Å². The zero-order valence-corrected chi connectivity index (χ0v) is 12.4. The van der Waals surface area contributed by atoms with Gasteiger partial charge in [0.05, 0.1) is 18.8 Å². The summed E-state index contributed by atoms with van der Waals surface area (Å²) in [7, 11) is -3.53. The third-order valence-corrected chi connectivity index (χ3v) is 5.05. The number of carboxylic acid groups (broad SMARTS) is 1. The van der Waals surface area contributed by atoms with Crippen LogP contribution >= 0.6 is 0 Å². The highest BCUT2D eigenvalue weighted by molar-refractivity contribution is 7.89. The van der Waals surface area contributed by atoms with Crippen molar-refractivity contribution in [3.05, 3.63) is 0 Å². The molecule has 20 heavy (non-hydrogen) atoms. The Morgan fingerprint density at radius 2 is 2.10 bits per heavy atom. The van der Waals surface area contributed by atoms with Gasteiger partial charge in [0.25, 0.3) is 0 Å². The first-order valence-electron chi connectivity index (χ1n) is 6.70.